The number of nitrogens with zero attached hydrogens (tertiary/aromatic N) is 1. The van der Waals surface area contributed by atoms with Crippen LogP contribution in [0.5, 0.6) is 11.5 Å². The molecule has 0 radical (unpaired) electrons. The first-order valence-corrected chi connectivity index (χ1v) is 6.71. The lowest BCUT2D eigenvalue weighted by atomic mass is 10.3. The molecule has 0 aliphatic rings. The largest absolute Gasteiger partial charge is 0.449 e. The van der Waals surface area contributed by atoms with Crippen LogP contribution < -0.4 is 4.74 Å². The molecule has 104 valence electrons. The minimum absolute atomic E-state index is 0.00606. The molecule has 0 aliphatic heterocycles. The molecule has 0 saturated carbocycles. The number of hydrogen-bond acceptors (Lipinski definition) is 5. The maximum atomic E-state index is 12.8. The number of benzene rings is 2. The van der Waals surface area contributed by atoms with E-state index in [2.05, 4.69) is 0 Å². The summed E-state index contributed by atoms with van der Waals surface area (Å²) in [5.41, 5.74) is -0.230. The molecule has 8 heteroatoms. The van der Waals surface area contributed by atoms with Crippen molar-refractivity contribution in [2.75, 3.05) is 0 Å². The molecular formula is C12H7F2NO3S2. The molecule has 0 fully saturated rings. The number of rotatable bonds is 5. The van der Waals surface area contributed by atoms with Gasteiger partial charge in [0, 0.05) is 11.0 Å². The zero-order valence-corrected chi connectivity index (χ0v) is 11.4. The molecule has 0 unspecified atom stereocenters. The molecule has 0 atom stereocenters. The Hall–Kier alpha value is -1.80. The second-order valence-corrected chi connectivity index (χ2v) is 4.81. The van der Waals surface area contributed by atoms with E-state index in [4.69, 9.17) is 4.74 Å². The van der Waals surface area contributed by atoms with Crippen LogP contribution in [0.15, 0.2) is 52.3 Å². The van der Waals surface area contributed by atoms with Gasteiger partial charge in [0.25, 0.3) is 0 Å². The van der Waals surface area contributed by atoms with E-state index in [1.165, 1.54) is 36.4 Å². The summed E-state index contributed by atoms with van der Waals surface area (Å²) in [7, 11) is 0. The quantitative estimate of drug-likeness (QED) is 0.550. The summed E-state index contributed by atoms with van der Waals surface area (Å²) >= 11 is -0.139. The Morgan fingerprint density at radius 3 is 2.45 bits per heavy atom. The molecule has 4 nitrogen and oxygen atoms in total. The van der Waals surface area contributed by atoms with Gasteiger partial charge in [0.1, 0.15) is 5.75 Å². The Kier molecular flexibility index (Phi) is 4.80. The maximum absolute atomic E-state index is 12.8. The second kappa shape index (κ2) is 6.58. The molecule has 0 heterocycles. The number of nitro benzene ring substituents is 1. The van der Waals surface area contributed by atoms with E-state index in [-0.39, 0.29) is 51.3 Å². The Balaban J connectivity index is 2.37. The van der Waals surface area contributed by atoms with E-state index in [9.17, 15) is 17.9 Å². The highest BCUT2D eigenvalue weighted by atomic mass is 32.2. The average molecular weight is 315 g/mol. The lowest BCUT2D eigenvalue weighted by Gasteiger charge is -2.09. The molecule has 0 saturated heterocycles. The van der Waals surface area contributed by atoms with Gasteiger partial charge in [-0.05, 0) is 24.3 Å². The van der Waals surface area contributed by atoms with Gasteiger partial charge in [0.05, 0.1) is 34.1 Å². The summed E-state index contributed by atoms with van der Waals surface area (Å²) in [6.45, 7) is 0. The van der Waals surface area contributed by atoms with Crippen LogP contribution in [0, 0.1) is 10.1 Å². The molecule has 0 spiro atoms. The van der Waals surface area contributed by atoms with Gasteiger partial charge in [-0.25, -0.2) is 0 Å². The van der Waals surface area contributed by atoms with Crippen molar-refractivity contribution in [3.05, 3.63) is 52.6 Å². The topological polar surface area (TPSA) is 52.4 Å². The van der Waals surface area contributed by atoms with Crippen LogP contribution in [0.1, 0.15) is 0 Å². The Morgan fingerprint density at radius 1 is 1.05 bits per heavy atom. The number of para-hydroxylation sites is 2. The Morgan fingerprint density at radius 2 is 1.80 bits per heavy atom. The van der Waals surface area contributed by atoms with Crippen LogP contribution in [-0.2, 0) is 0 Å². The molecular weight excluding hydrogens is 308 g/mol. The fourth-order valence-electron chi connectivity index (χ4n) is 1.49. The van der Waals surface area contributed by atoms with Crippen LogP contribution in [0.25, 0.3) is 0 Å². The minimum Gasteiger partial charge on any atom is -0.449 e. The molecule has 0 amide bonds. The second-order valence-electron chi connectivity index (χ2n) is 3.59. The van der Waals surface area contributed by atoms with Gasteiger partial charge in [-0.3, -0.25) is 10.1 Å². The van der Waals surface area contributed by atoms with Crippen molar-refractivity contribution in [1.29, 1.82) is 0 Å². The first kappa shape index (κ1) is 14.6. The van der Waals surface area contributed by atoms with Crippen LogP contribution in [-0.4, -0.2) is 4.92 Å². The number of hydrogen-bond donors (Lipinski definition) is 0. The predicted octanol–water partition coefficient (Wildman–Crippen LogP) is 5.34. The smallest absolute Gasteiger partial charge is 0.311 e. The van der Waals surface area contributed by atoms with E-state index in [1.807, 2.05) is 0 Å². The van der Waals surface area contributed by atoms with Crippen molar-refractivity contribution in [3.8, 4) is 11.5 Å². The van der Waals surface area contributed by atoms with E-state index in [0.29, 0.717) is 0 Å². The van der Waals surface area contributed by atoms with Crippen molar-refractivity contribution in [2.45, 2.75) is 9.79 Å². The van der Waals surface area contributed by atoms with Crippen molar-refractivity contribution >= 4 is 30.0 Å². The summed E-state index contributed by atoms with van der Waals surface area (Å²) in [6.07, 6.45) is 0. The molecule has 0 aliphatic carbocycles. The van der Waals surface area contributed by atoms with Gasteiger partial charge >= 0.3 is 5.69 Å². The zero-order valence-electron chi connectivity index (χ0n) is 9.79. The lowest BCUT2D eigenvalue weighted by molar-refractivity contribution is -0.385. The van der Waals surface area contributed by atoms with Crippen LogP contribution in [0.2, 0.25) is 0 Å². The average Bonchev–Trinajstić information content (AvgIpc) is 2.48. The molecule has 20 heavy (non-hydrogen) atoms. The highest BCUT2D eigenvalue weighted by Crippen LogP contribution is 2.39. The van der Waals surface area contributed by atoms with Crippen LogP contribution >= 0.6 is 24.3 Å². The van der Waals surface area contributed by atoms with Gasteiger partial charge in [-0.15, -0.1) is 0 Å². The summed E-state index contributed by atoms with van der Waals surface area (Å²) in [6, 6.07) is 9.77. The van der Waals surface area contributed by atoms with E-state index >= 15 is 0 Å². The molecule has 0 N–H and O–H groups in total. The highest BCUT2D eigenvalue weighted by Gasteiger charge is 2.16. The SMILES string of the molecule is O=[N+]([O-])c1ccccc1Oc1ccc(SF)cc1SF. The molecule has 2 rings (SSSR count). The molecule has 0 aromatic heterocycles. The first-order chi connectivity index (χ1) is 9.65. The predicted molar refractivity (Wildman–Crippen MR) is 73.5 cm³/mol. The van der Waals surface area contributed by atoms with E-state index in [1.54, 1.807) is 6.07 Å². The fraction of sp³-hybridized carbons (Fsp3) is 0. The third-order valence-corrected chi connectivity index (χ3v) is 3.29. The van der Waals surface area contributed by atoms with Crippen molar-refractivity contribution in [2.24, 2.45) is 0 Å². The monoisotopic (exact) mass is 315 g/mol. The lowest BCUT2D eigenvalue weighted by Crippen LogP contribution is -1.93. The molecule has 2 aromatic carbocycles. The third kappa shape index (κ3) is 3.20. The van der Waals surface area contributed by atoms with Crippen molar-refractivity contribution in [1.82, 2.24) is 0 Å². The zero-order chi connectivity index (χ0) is 14.5. The third-order valence-electron chi connectivity index (χ3n) is 2.37. The fourth-order valence-corrected chi connectivity index (χ4v) is 2.21. The minimum atomic E-state index is -0.594. The maximum Gasteiger partial charge on any atom is 0.311 e. The van der Waals surface area contributed by atoms with Crippen LogP contribution in [0.3, 0.4) is 0 Å². The van der Waals surface area contributed by atoms with Crippen molar-refractivity contribution < 1.29 is 17.4 Å². The van der Waals surface area contributed by atoms with E-state index < -0.39 is 4.92 Å². The number of halogens is 2. The summed E-state index contributed by atoms with van der Waals surface area (Å²) in [5.74, 6) is 0.0815. The van der Waals surface area contributed by atoms with Gasteiger partial charge in [-0.2, -0.15) is 7.77 Å². The number of nitro groups is 1. The van der Waals surface area contributed by atoms with E-state index in [0.717, 1.165) is 0 Å². The van der Waals surface area contributed by atoms with Gasteiger partial charge in [-0.1, -0.05) is 12.1 Å². The first-order valence-electron chi connectivity index (χ1n) is 5.28. The van der Waals surface area contributed by atoms with Crippen LogP contribution in [0.4, 0.5) is 13.5 Å². The van der Waals surface area contributed by atoms with Gasteiger partial charge in [0.2, 0.25) is 5.75 Å². The Labute approximate surface area is 121 Å². The van der Waals surface area contributed by atoms with Crippen molar-refractivity contribution in [3.63, 3.8) is 0 Å². The molecule has 0 bridgehead atoms. The summed E-state index contributed by atoms with van der Waals surface area (Å²) in [5, 5.41) is 10.9. The standard InChI is InChI=1S/C12H7F2NO3S2/c13-19-8-5-6-11(12(7-8)20-14)18-10-4-2-1-3-9(10)15(16)17/h1-7H. The Bertz CT molecular complexity index is 640. The summed E-state index contributed by atoms with van der Waals surface area (Å²) in [4.78, 5) is 10.5. The van der Waals surface area contributed by atoms with Gasteiger partial charge in [0.15, 0.2) is 0 Å². The normalized spacial score (nSPS) is 10.3. The highest BCUT2D eigenvalue weighted by molar-refractivity contribution is 7.95. The number of ether oxygens (including phenoxy) is 1. The van der Waals surface area contributed by atoms with Gasteiger partial charge < -0.3 is 4.74 Å². The summed E-state index contributed by atoms with van der Waals surface area (Å²) < 4.78 is 30.6. The molecule has 2 aromatic rings.